The van der Waals surface area contributed by atoms with Crippen molar-refractivity contribution in [1.82, 2.24) is 10.3 Å². The smallest absolute Gasteiger partial charge is 0.319 e. The molecule has 2 N–H and O–H groups in total. The van der Waals surface area contributed by atoms with E-state index in [1.165, 1.54) is 42.5 Å². The van der Waals surface area contributed by atoms with Gasteiger partial charge in [0.2, 0.25) is 9.84 Å². The topological polar surface area (TPSA) is 88.2 Å². The molecule has 138 valence electrons. The van der Waals surface area contributed by atoms with E-state index in [1.807, 2.05) is 0 Å². The van der Waals surface area contributed by atoms with Crippen molar-refractivity contribution >= 4 is 21.6 Å². The SMILES string of the molecule is C=C/C=C(\C=C)S(=O)(=O)c1ccc(NC(=O)NCc2ccncc2)cc1.[HH].[HH]. The molecule has 1 aromatic heterocycles. The second-order valence-corrected chi connectivity index (χ2v) is 7.15. The fraction of sp³-hybridized carbons (Fsp3) is 0.0526. The maximum absolute atomic E-state index is 12.5. The zero-order valence-electron chi connectivity index (χ0n) is 14.1. The second kappa shape index (κ2) is 8.77. The highest BCUT2D eigenvalue weighted by molar-refractivity contribution is 7.95. The van der Waals surface area contributed by atoms with Crippen LogP contribution in [0.4, 0.5) is 10.5 Å². The zero-order valence-corrected chi connectivity index (χ0v) is 14.9. The Morgan fingerprint density at radius 3 is 2.35 bits per heavy atom. The molecule has 0 fully saturated rings. The molecule has 0 saturated carbocycles. The number of amides is 2. The van der Waals surface area contributed by atoms with Crippen molar-refractivity contribution in [3.8, 4) is 0 Å². The number of nitrogens with one attached hydrogen (secondary N) is 2. The first kappa shape index (κ1) is 19.1. The predicted molar refractivity (Wildman–Crippen MR) is 106 cm³/mol. The van der Waals surface area contributed by atoms with Gasteiger partial charge in [-0.3, -0.25) is 4.98 Å². The maximum atomic E-state index is 12.5. The lowest BCUT2D eigenvalue weighted by Crippen LogP contribution is -2.28. The van der Waals surface area contributed by atoms with Crippen LogP contribution in [0, 0.1) is 0 Å². The number of pyridine rings is 1. The Hall–Kier alpha value is -3.19. The summed E-state index contributed by atoms with van der Waals surface area (Å²) in [5.41, 5.74) is 1.39. The highest BCUT2D eigenvalue weighted by Gasteiger charge is 2.17. The summed E-state index contributed by atoms with van der Waals surface area (Å²) in [4.78, 5) is 16.0. The Kier molecular flexibility index (Phi) is 6.46. The van der Waals surface area contributed by atoms with Crippen LogP contribution in [0.2, 0.25) is 0 Å². The van der Waals surface area contributed by atoms with Crippen LogP contribution in [-0.2, 0) is 16.4 Å². The van der Waals surface area contributed by atoms with Gasteiger partial charge in [-0.25, -0.2) is 13.2 Å². The summed E-state index contributed by atoms with van der Waals surface area (Å²) in [5.74, 6) is 0. The minimum absolute atomic E-state index is 0. The number of rotatable bonds is 7. The van der Waals surface area contributed by atoms with E-state index in [9.17, 15) is 13.2 Å². The zero-order chi connectivity index (χ0) is 19.0. The van der Waals surface area contributed by atoms with Gasteiger partial charge < -0.3 is 10.6 Å². The van der Waals surface area contributed by atoms with Gasteiger partial charge in [-0.1, -0.05) is 25.3 Å². The molecule has 26 heavy (non-hydrogen) atoms. The minimum atomic E-state index is -3.67. The molecule has 0 aliphatic carbocycles. The van der Waals surface area contributed by atoms with Crippen molar-refractivity contribution in [2.24, 2.45) is 0 Å². The number of hydrogen-bond acceptors (Lipinski definition) is 4. The van der Waals surface area contributed by atoms with Crippen LogP contribution in [0.3, 0.4) is 0 Å². The minimum Gasteiger partial charge on any atom is -0.334 e. The highest BCUT2D eigenvalue weighted by Crippen LogP contribution is 2.22. The number of hydrogen-bond donors (Lipinski definition) is 2. The summed E-state index contributed by atoms with van der Waals surface area (Å²) in [6, 6.07) is 9.10. The first-order valence-corrected chi connectivity index (χ1v) is 9.19. The second-order valence-electron chi connectivity index (χ2n) is 5.20. The predicted octanol–water partition coefficient (Wildman–Crippen LogP) is 3.92. The highest BCUT2D eigenvalue weighted by atomic mass is 32.2. The van der Waals surface area contributed by atoms with E-state index in [4.69, 9.17) is 0 Å². The van der Waals surface area contributed by atoms with E-state index >= 15 is 0 Å². The number of nitrogens with zero attached hydrogens (tertiary/aromatic N) is 1. The molecule has 7 heteroatoms. The lowest BCUT2D eigenvalue weighted by atomic mass is 10.3. The van der Waals surface area contributed by atoms with Crippen molar-refractivity contribution in [2.75, 3.05) is 5.32 Å². The van der Waals surface area contributed by atoms with E-state index < -0.39 is 15.9 Å². The molecule has 2 amide bonds. The number of allylic oxidation sites excluding steroid dienone is 3. The summed E-state index contributed by atoms with van der Waals surface area (Å²) >= 11 is 0. The first-order valence-electron chi connectivity index (χ1n) is 7.71. The number of aromatic nitrogens is 1. The molecule has 1 aromatic carbocycles. The van der Waals surface area contributed by atoms with Crippen LogP contribution >= 0.6 is 0 Å². The van der Waals surface area contributed by atoms with Crippen molar-refractivity contribution in [2.45, 2.75) is 11.4 Å². The lowest BCUT2D eigenvalue weighted by Gasteiger charge is -2.09. The summed E-state index contributed by atoms with van der Waals surface area (Å²) in [6.07, 6.45) is 7.31. The van der Waals surface area contributed by atoms with Crippen molar-refractivity contribution < 1.29 is 16.1 Å². The largest absolute Gasteiger partial charge is 0.334 e. The summed E-state index contributed by atoms with van der Waals surface area (Å²) < 4.78 is 24.9. The van der Waals surface area contributed by atoms with Gasteiger partial charge in [-0.05, 0) is 48.0 Å². The molecule has 0 atom stereocenters. The molecule has 2 aromatic rings. The summed E-state index contributed by atoms with van der Waals surface area (Å²) in [6.45, 7) is 7.36. The van der Waals surface area contributed by atoms with Gasteiger partial charge in [0.25, 0.3) is 0 Å². The maximum Gasteiger partial charge on any atom is 0.319 e. The van der Waals surface area contributed by atoms with Gasteiger partial charge in [-0.2, -0.15) is 0 Å². The molecule has 0 radical (unpaired) electrons. The van der Waals surface area contributed by atoms with Crippen molar-refractivity contribution in [3.05, 3.63) is 90.6 Å². The third-order valence-corrected chi connectivity index (χ3v) is 5.23. The Morgan fingerprint density at radius 2 is 1.77 bits per heavy atom. The van der Waals surface area contributed by atoms with Crippen LogP contribution < -0.4 is 10.6 Å². The van der Waals surface area contributed by atoms with Crippen LogP contribution in [-0.4, -0.2) is 19.4 Å². The summed E-state index contributed by atoms with van der Waals surface area (Å²) in [5, 5.41) is 5.35. The Balaban J connectivity index is 0.00000364. The molecular weight excluding hydrogens is 350 g/mol. The van der Waals surface area contributed by atoms with Gasteiger partial charge in [0.15, 0.2) is 0 Å². The van der Waals surface area contributed by atoms with Crippen LogP contribution in [0.1, 0.15) is 8.42 Å². The quantitative estimate of drug-likeness (QED) is 0.720. The standard InChI is InChI=1S/C19H19N3O3S.2H2/c1-3-5-17(4-2)26(24,25)18-8-6-16(7-9-18)22-19(23)21-14-15-10-12-20-13-11-15;;/h3-13H,1-2,14H2,(H2,21,22,23);2*1H/b17-5+;;. The number of carbonyl (C=O) groups excluding carboxylic acids is 1. The first-order chi connectivity index (χ1) is 12.5. The molecule has 0 aliphatic heterocycles. The van der Waals surface area contributed by atoms with E-state index in [0.29, 0.717) is 12.2 Å². The Labute approximate surface area is 155 Å². The van der Waals surface area contributed by atoms with Crippen molar-refractivity contribution in [1.29, 1.82) is 0 Å². The number of urea groups is 1. The molecule has 0 unspecified atom stereocenters. The number of carbonyl (C=O) groups is 1. The van der Waals surface area contributed by atoms with Gasteiger partial charge in [0.1, 0.15) is 0 Å². The van der Waals surface area contributed by atoms with E-state index in [1.54, 1.807) is 24.5 Å². The molecular formula is C19H23N3O3S. The van der Waals surface area contributed by atoms with Crippen LogP contribution in [0.15, 0.2) is 90.0 Å². The third kappa shape index (κ3) is 4.90. The number of anilines is 1. The van der Waals surface area contributed by atoms with Gasteiger partial charge in [-0.15, -0.1) is 0 Å². The average molecular weight is 373 g/mol. The van der Waals surface area contributed by atoms with Gasteiger partial charge in [0, 0.05) is 27.5 Å². The number of benzene rings is 1. The fourth-order valence-corrected chi connectivity index (χ4v) is 3.36. The Morgan fingerprint density at radius 1 is 1.12 bits per heavy atom. The third-order valence-electron chi connectivity index (χ3n) is 3.42. The molecule has 0 saturated heterocycles. The lowest BCUT2D eigenvalue weighted by molar-refractivity contribution is 0.251. The Bertz CT molecular complexity index is 929. The average Bonchev–Trinajstić information content (AvgIpc) is 2.65. The van der Waals surface area contributed by atoms with Crippen LogP contribution in [0.5, 0.6) is 0 Å². The summed E-state index contributed by atoms with van der Waals surface area (Å²) in [7, 11) is -3.67. The molecule has 1 heterocycles. The van der Waals surface area contributed by atoms with E-state index in [-0.39, 0.29) is 12.7 Å². The molecule has 2 rings (SSSR count). The molecule has 6 nitrogen and oxygen atoms in total. The van der Waals surface area contributed by atoms with Gasteiger partial charge in [0.05, 0.1) is 9.80 Å². The van der Waals surface area contributed by atoms with Crippen molar-refractivity contribution in [3.63, 3.8) is 0 Å². The van der Waals surface area contributed by atoms with E-state index in [0.717, 1.165) is 5.56 Å². The molecule has 0 aliphatic rings. The van der Waals surface area contributed by atoms with E-state index in [2.05, 4.69) is 28.8 Å². The normalized spacial score (nSPS) is 11.5. The fourth-order valence-electron chi connectivity index (χ4n) is 2.10. The monoisotopic (exact) mass is 373 g/mol. The number of sulfone groups is 1. The molecule has 0 spiro atoms. The van der Waals surface area contributed by atoms with Gasteiger partial charge >= 0.3 is 6.03 Å². The molecule has 0 bridgehead atoms. The van der Waals surface area contributed by atoms with Crippen LogP contribution in [0.25, 0.3) is 0 Å².